The highest BCUT2D eigenvalue weighted by Gasteiger charge is 2.45. The maximum atomic E-state index is 6.14. The van der Waals surface area contributed by atoms with E-state index in [1.165, 1.54) is 49.2 Å². The molecule has 0 saturated carbocycles. The number of halogens is 3. The molecule has 0 bridgehead atoms. The Hall–Kier alpha value is -1.29. The van der Waals surface area contributed by atoms with Crippen LogP contribution in [0.25, 0.3) is 0 Å². The quantitative estimate of drug-likeness (QED) is 0.545. The molecule has 1 unspecified atom stereocenters. The van der Waals surface area contributed by atoms with Gasteiger partial charge in [0.2, 0.25) is 0 Å². The summed E-state index contributed by atoms with van der Waals surface area (Å²) in [5.41, 5.74) is 4.10. The summed E-state index contributed by atoms with van der Waals surface area (Å²) in [6.07, 6.45) is 9.61. The van der Waals surface area contributed by atoms with E-state index in [2.05, 4.69) is 59.9 Å². The van der Waals surface area contributed by atoms with E-state index in [1.54, 1.807) is 0 Å². The van der Waals surface area contributed by atoms with Crippen LogP contribution in [0.1, 0.15) is 44.2 Å². The van der Waals surface area contributed by atoms with Crippen LogP contribution in [-0.2, 0) is 13.0 Å². The average molecular weight is 522 g/mol. The number of likely N-dealkylation sites (tertiary alicyclic amines) is 1. The van der Waals surface area contributed by atoms with Crippen LogP contribution >= 0.6 is 23.2 Å². The van der Waals surface area contributed by atoms with Crippen molar-refractivity contribution < 1.29 is 21.6 Å². The molecule has 0 amide bonds. The normalized spacial score (nSPS) is 20.5. The molecule has 0 aromatic heterocycles. The van der Waals surface area contributed by atoms with Crippen molar-refractivity contribution in [3.63, 3.8) is 0 Å². The number of piperidine rings is 1. The highest BCUT2D eigenvalue weighted by Crippen LogP contribution is 2.37. The van der Waals surface area contributed by atoms with Crippen molar-refractivity contribution in [1.29, 1.82) is 0 Å². The number of hydrogen-bond donors (Lipinski definition) is 0. The topological polar surface area (TPSA) is 6.25 Å². The second-order valence-corrected chi connectivity index (χ2v) is 9.95. The fourth-order valence-electron chi connectivity index (χ4n) is 4.77. The van der Waals surface area contributed by atoms with Gasteiger partial charge in [0.25, 0.3) is 0 Å². The van der Waals surface area contributed by atoms with E-state index in [4.69, 9.17) is 23.2 Å². The molecule has 5 heteroatoms. The molecule has 31 heavy (non-hydrogen) atoms. The van der Waals surface area contributed by atoms with E-state index in [0.29, 0.717) is 5.92 Å². The van der Waals surface area contributed by atoms with E-state index in [-0.39, 0.29) is 22.5 Å². The Morgan fingerprint density at radius 3 is 2.00 bits per heavy atom. The molecule has 2 heterocycles. The Kier molecular flexibility index (Phi) is 8.29. The molecule has 4 rings (SSSR count). The minimum Gasteiger partial charge on any atom is -1.00 e. The first kappa shape index (κ1) is 24.4. The Labute approximate surface area is 207 Å². The lowest BCUT2D eigenvalue weighted by atomic mass is 9.77. The summed E-state index contributed by atoms with van der Waals surface area (Å²) in [6, 6.07) is 16.6. The first-order valence-corrected chi connectivity index (χ1v) is 11.7. The molecule has 1 fully saturated rings. The van der Waals surface area contributed by atoms with Gasteiger partial charge in [0.05, 0.1) is 5.92 Å². The summed E-state index contributed by atoms with van der Waals surface area (Å²) in [5, 5.41) is 1.58. The summed E-state index contributed by atoms with van der Waals surface area (Å²) in [4.78, 5) is 2.63. The lowest BCUT2D eigenvalue weighted by Crippen LogP contribution is -3.00. The second kappa shape index (κ2) is 10.6. The Morgan fingerprint density at radius 2 is 1.42 bits per heavy atom. The number of benzene rings is 2. The van der Waals surface area contributed by atoms with Crippen LogP contribution in [0, 0.1) is 5.92 Å². The van der Waals surface area contributed by atoms with Gasteiger partial charge in [-0.2, -0.15) is 0 Å². The molecular formula is C26H31BrCl2N2. The molecule has 166 valence electrons. The highest BCUT2D eigenvalue weighted by molar-refractivity contribution is 6.30. The van der Waals surface area contributed by atoms with Crippen LogP contribution in [-0.4, -0.2) is 34.3 Å². The lowest BCUT2D eigenvalue weighted by Gasteiger charge is -2.42. The maximum absolute atomic E-state index is 6.14. The Bertz CT molecular complexity index is 927. The molecule has 2 aromatic rings. The molecule has 2 aliphatic heterocycles. The highest BCUT2D eigenvalue weighted by atomic mass is 79.9. The zero-order valence-electron chi connectivity index (χ0n) is 18.3. The molecule has 0 N–H and O–H groups in total. The Balaban J connectivity index is 0.00000272. The number of nitrogens with zero attached hydrogens (tertiary/aromatic N) is 2. The van der Waals surface area contributed by atoms with Gasteiger partial charge in [0.15, 0.2) is 18.3 Å². The molecule has 2 aliphatic rings. The zero-order valence-corrected chi connectivity index (χ0v) is 21.4. The van der Waals surface area contributed by atoms with Crippen LogP contribution in [0.4, 0.5) is 0 Å². The average Bonchev–Trinajstić information content (AvgIpc) is 2.75. The third-order valence-electron chi connectivity index (χ3n) is 6.72. The van der Waals surface area contributed by atoms with Crippen LogP contribution in [0.15, 0.2) is 60.3 Å². The van der Waals surface area contributed by atoms with Gasteiger partial charge < -0.3 is 21.9 Å². The van der Waals surface area contributed by atoms with Gasteiger partial charge in [-0.05, 0) is 55.5 Å². The van der Waals surface area contributed by atoms with Gasteiger partial charge in [0.1, 0.15) is 0 Å². The van der Waals surface area contributed by atoms with Gasteiger partial charge in [-0.25, -0.2) is 4.58 Å². The zero-order chi connectivity index (χ0) is 21.1. The lowest BCUT2D eigenvalue weighted by molar-refractivity contribution is -0.621. The van der Waals surface area contributed by atoms with E-state index in [0.717, 1.165) is 23.0 Å². The first-order chi connectivity index (χ1) is 14.4. The van der Waals surface area contributed by atoms with Crippen molar-refractivity contribution in [2.24, 2.45) is 5.92 Å². The van der Waals surface area contributed by atoms with E-state index in [9.17, 15) is 0 Å². The second-order valence-electron chi connectivity index (χ2n) is 9.08. The molecule has 1 saturated heterocycles. The van der Waals surface area contributed by atoms with Crippen LogP contribution in [0.3, 0.4) is 0 Å². The third-order valence-corrected chi connectivity index (χ3v) is 7.22. The molecule has 0 spiro atoms. The van der Waals surface area contributed by atoms with Crippen molar-refractivity contribution in [3.05, 3.63) is 81.5 Å². The predicted octanol–water partition coefficient (Wildman–Crippen LogP) is 3.60. The smallest absolute Gasteiger partial charge is 0.168 e. The van der Waals surface area contributed by atoms with Crippen molar-refractivity contribution in [1.82, 2.24) is 4.90 Å². The maximum Gasteiger partial charge on any atom is 0.168 e. The van der Waals surface area contributed by atoms with Crippen molar-refractivity contribution in [3.8, 4) is 0 Å². The van der Waals surface area contributed by atoms with Crippen LogP contribution in [0.2, 0.25) is 10.0 Å². The SMILES string of the molecule is CC1(C)C(Cc2ccc(Cl)cc2)C(N2CCCCC2)=CC=[N+]1Cc1ccc(Cl)cc1.[Br-]. The third kappa shape index (κ3) is 5.74. The van der Waals surface area contributed by atoms with E-state index < -0.39 is 0 Å². The number of rotatable bonds is 5. The molecule has 2 aromatic carbocycles. The van der Waals surface area contributed by atoms with Gasteiger partial charge in [0, 0.05) is 54.3 Å². The molecule has 0 radical (unpaired) electrons. The first-order valence-electron chi connectivity index (χ1n) is 11.0. The Morgan fingerprint density at radius 1 is 0.871 bits per heavy atom. The number of hydrogen-bond acceptors (Lipinski definition) is 1. The monoisotopic (exact) mass is 520 g/mol. The van der Waals surface area contributed by atoms with Gasteiger partial charge in [-0.1, -0.05) is 47.5 Å². The summed E-state index contributed by atoms with van der Waals surface area (Å²) >= 11 is 12.2. The van der Waals surface area contributed by atoms with Gasteiger partial charge in [-0.15, -0.1) is 0 Å². The van der Waals surface area contributed by atoms with Crippen LogP contribution in [0.5, 0.6) is 0 Å². The standard InChI is InChI=1S/C26H31Cl2N2.BrH/c1-26(2)24(18-20-6-10-22(27)11-7-20)25(29-15-4-3-5-16-29)14-17-30(26)19-21-8-12-23(28)13-9-21;/h6-14,17,24H,3-5,15-16,18-19H2,1-2H3;1H/q+1;/p-1. The van der Waals surface area contributed by atoms with Crippen molar-refractivity contribution in [2.75, 3.05) is 13.1 Å². The molecule has 1 atom stereocenters. The van der Waals surface area contributed by atoms with Crippen molar-refractivity contribution >= 4 is 29.4 Å². The summed E-state index contributed by atoms with van der Waals surface area (Å²) in [7, 11) is 0. The van der Waals surface area contributed by atoms with Crippen LogP contribution < -0.4 is 17.0 Å². The summed E-state index contributed by atoms with van der Waals surface area (Å²) in [6.45, 7) is 7.99. The largest absolute Gasteiger partial charge is 1.00 e. The minimum atomic E-state index is -0.0131. The van der Waals surface area contributed by atoms with E-state index >= 15 is 0 Å². The number of allylic oxidation sites excluding steroid dienone is 1. The van der Waals surface area contributed by atoms with E-state index in [1.807, 2.05) is 24.3 Å². The summed E-state index contributed by atoms with van der Waals surface area (Å²) < 4.78 is 2.49. The molecule has 0 aliphatic carbocycles. The van der Waals surface area contributed by atoms with Gasteiger partial charge >= 0.3 is 0 Å². The minimum absolute atomic E-state index is 0. The summed E-state index contributed by atoms with van der Waals surface area (Å²) in [5.74, 6) is 0.411. The fourth-order valence-corrected chi connectivity index (χ4v) is 5.02. The molecule has 2 nitrogen and oxygen atoms in total. The molecular weight excluding hydrogens is 491 g/mol. The predicted molar refractivity (Wildman–Crippen MR) is 128 cm³/mol. The van der Waals surface area contributed by atoms with Crippen molar-refractivity contribution in [2.45, 2.75) is 51.6 Å². The van der Waals surface area contributed by atoms with Gasteiger partial charge in [-0.3, -0.25) is 0 Å². The fraction of sp³-hybridized carbons (Fsp3) is 0.423.